The topological polar surface area (TPSA) is 32.7 Å². The van der Waals surface area contributed by atoms with Gasteiger partial charge in [0.15, 0.2) is 0 Å². The van der Waals surface area contributed by atoms with Crippen LogP contribution in [0.1, 0.15) is 75.3 Å². The lowest BCUT2D eigenvalue weighted by atomic mass is 9.88. The van der Waals surface area contributed by atoms with Crippen LogP contribution < -0.4 is 0 Å². The minimum absolute atomic E-state index is 0.221. The molecule has 2 fully saturated rings. The minimum atomic E-state index is 0.221. The lowest BCUT2D eigenvalue weighted by molar-refractivity contribution is -0.136. The molecule has 30 heavy (non-hydrogen) atoms. The second-order valence-electron chi connectivity index (χ2n) is 8.78. The van der Waals surface area contributed by atoms with Crippen LogP contribution in [-0.4, -0.2) is 35.1 Å². The van der Waals surface area contributed by atoms with E-state index >= 15 is 0 Å². The number of hydrogen-bond donors (Lipinski definition) is 0. The molecule has 2 saturated carbocycles. The fraction of sp³-hybridized carbons (Fsp3) is 0.481. The summed E-state index contributed by atoms with van der Waals surface area (Å²) in [6, 6.07) is 21.3. The highest BCUT2D eigenvalue weighted by Crippen LogP contribution is 2.30. The molecule has 0 N–H and O–H groups in total. The van der Waals surface area contributed by atoms with Crippen molar-refractivity contribution >= 4 is 11.6 Å². The first-order valence-electron chi connectivity index (χ1n) is 11.8. The van der Waals surface area contributed by atoms with Crippen LogP contribution in [0.4, 0.5) is 0 Å². The number of hydrogen-bond acceptors (Lipinski definition) is 2. The second kappa shape index (κ2) is 10.6. The molecule has 158 valence electrons. The fourth-order valence-corrected chi connectivity index (χ4v) is 5.19. The number of carbonyl (C=O) groups is 1. The molecule has 3 heteroatoms. The normalized spacial score (nSPS) is 18.0. The Bertz CT molecular complexity index is 759. The first-order valence-corrected chi connectivity index (χ1v) is 11.8. The van der Waals surface area contributed by atoms with E-state index in [-0.39, 0.29) is 12.5 Å². The first kappa shape index (κ1) is 20.8. The lowest BCUT2D eigenvalue weighted by Gasteiger charge is -2.41. The summed E-state index contributed by atoms with van der Waals surface area (Å²) in [5, 5.41) is 0. The highest BCUT2D eigenvalue weighted by Gasteiger charge is 2.32. The fourth-order valence-electron chi connectivity index (χ4n) is 5.19. The molecule has 0 aliphatic heterocycles. The van der Waals surface area contributed by atoms with Gasteiger partial charge in [-0.25, -0.2) is 0 Å². The molecule has 2 aliphatic carbocycles. The van der Waals surface area contributed by atoms with Crippen molar-refractivity contribution in [3.63, 3.8) is 0 Å². The van der Waals surface area contributed by atoms with Crippen LogP contribution in [0.5, 0.6) is 0 Å². The zero-order valence-corrected chi connectivity index (χ0v) is 18.0. The molecule has 0 radical (unpaired) electrons. The van der Waals surface area contributed by atoms with Gasteiger partial charge in [0.2, 0.25) is 5.91 Å². The maximum absolute atomic E-state index is 13.5. The summed E-state index contributed by atoms with van der Waals surface area (Å²) in [5.74, 6) is 0.221. The highest BCUT2D eigenvalue weighted by molar-refractivity contribution is 6.13. The Balaban J connectivity index is 1.58. The van der Waals surface area contributed by atoms with E-state index in [1.807, 2.05) is 36.4 Å². The standard InChI is InChI=1S/C27H34N2O/c30-26(29(24-17-9-3-10-18-24)25-19-11-4-12-20-25)21-28-27(22-13-5-1-6-14-22)23-15-7-2-8-16-23/h1-2,5-8,13-16,24-25H,3-4,9-12,17-21H2. The van der Waals surface area contributed by atoms with E-state index < -0.39 is 0 Å². The van der Waals surface area contributed by atoms with E-state index in [0.717, 1.165) is 42.5 Å². The molecule has 0 heterocycles. The average molecular weight is 403 g/mol. The molecule has 1 amide bonds. The minimum Gasteiger partial charge on any atom is -0.335 e. The molecule has 2 aliphatic rings. The van der Waals surface area contributed by atoms with Gasteiger partial charge in [-0.05, 0) is 25.7 Å². The number of nitrogens with zero attached hydrogens (tertiary/aromatic N) is 2. The van der Waals surface area contributed by atoms with Crippen molar-refractivity contribution in [2.45, 2.75) is 76.3 Å². The van der Waals surface area contributed by atoms with Crippen LogP contribution >= 0.6 is 0 Å². The zero-order valence-electron chi connectivity index (χ0n) is 18.0. The Labute approximate surface area is 181 Å². The van der Waals surface area contributed by atoms with Crippen LogP contribution in [0.15, 0.2) is 65.7 Å². The molecule has 3 nitrogen and oxygen atoms in total. The molecule has 2 aromatic carbocycles. The third-order valence-electron chi connectivity index (χ3n) is 6.69. The van der Waals surface area contributed by atoms with Crippen LogP contribution in [0.3, 0.4) is 0 Å². The van der Waals surface area contributed by atoms with Gasteiger partial charge in [-0.2, -0.15) is 0 Å². The lowest BCUT2D eigenvalue weighted by Crippen LogP contribution is -2.49. The molecule has 2 aromatic rings. The van der Waals surface area contributed by atoms with Crippen molar-refractivity contribution < 1.29 is 4.79 Å². The van der Waals surface area contributed by atoms with Crippen molar-refractivity contribution in [1.29, 1.82) is 0 Å². The summed E-state index contributed by atoms with van der Waals surface area (Å²) in [6.07, 6.45) is 12.3. The predicted octanol–water partition coefficient (Wildman–Crippen LogP) is 6.02. The van der Waals surface area contributed by atoms with Crippen molar-refractivity contribution in [2.75, 3.05) is 6.54 Å². The molecule has 0 saturated heterocycles. The van der Waals surface area contributed by atoms with Gasteiger partial charge in [-0.15, -0.1) is 0 Å². The quantitative estimate of drug-likeness (QED) is 0.544. The molecule has 0 bridgehead atoms. The predicted molar refractivity (Wildman–Crippen MR) is 124 cm³/mol. The van der Waals surface area contributed by atoms with Crippen LogP contribution in [-0.2, 0) is 4.79 Å². The average Bonchev–Trinajstić information content (AvgIpc) is 2.82. The Morgan fingerprint density at radius 3 is 1.57 bits per heavy atom. The molecular weight excluding hydrogens is 368 g/mol. The Morgan fingerprint density at radius 2 is 1.13 bits per heavy atom. The van der Waals surface area contributed by atoms with E-state index in [1.54, 1.807) is 0 Å². The number of carbonyl (C=O) groups excluding carboxylic acids is 1. The monoisotopic (exact) mass is 402 g/mol. The van der Waals surface area contributed by atoms with E-state index in [4.69, 9.17) is 4.99 Å². The van der Waals surface area contributed by atoms with Gasteiger partial charge in [0, 0.05) is 23.2 Å². The first-order chi connectivity index (χ1) is 14.8. The van der Waals surface area contributed by atoms with Crippen LogP contribution in [0, 0.1) is 0 Å². The highest BCUT2D eigenvalue weighted by atomic mass is 16.2. The number of aliphatic imine (C=N–C) groups is 1. The maximum Gasteiger partial charge on any atom is 0.244 e. The summed E-state index contributed by atoms with van der Waals surface area (Å²) in [6.45, 7) is 0.242. The summed E-state index contributed by atoms with van der Waals surface area (Å²) < 4.78 is 0. The van der Waals surface area contributed by atoms with E-state index in [1.165, 1.54) is 38.5 Å². The molecule has 0 spiro atoms. The number of rotatable bonds is 6. The smallest absolute Gasteiger partial charge is 0.244 e. The second-order valence-corrected chi connectivity index (χ2v) is 8.78. The number of benzene rings is 2. The van der Waals surface area contributed by atoms with E-state index in [0.29, 0.717) is 12.1 Å². The van der Waals surface area contributed by atoms with Crippen molar-refractivity contribution in [2.24, 2.45) is 4.99 Å². The Kier molecular flexibility index (Phi) is 7.34. The van der Waals surface area contributed by atoms with Gasteiger partial charge in [0.1, 0.15) is 6.54 Å². The van der Waals surface area contributed by atoms with Gasteiger partial charge in [0.25, 0.3) is 0 Å². The van der Waals surface area contributed by atoms with E-state index in [9.17, 15) is 4.79 Å². The zero-order chi connectivity index (χ0) is 20.6. The van der Waals surface area contributed by atoms with Gasteiger partial charge in [-0.1, -0.05) is 99.2 Å². The van der Waals surface area contributed by atoms with E-state index in [2.05, 4.69) is 29.2 Å². The largest absolute Gasteiger partial charge is 0.335 e. The summed E-state index contributed by atoms with van der Waals surface area (Å²) in [4.78, 5) is 20.7. The molecular formula is C27H34N2O. The van der Waals surface area contributed by atoms with Gasteiger partial charge in [-0.3, -0.25) is 9.79 Å². The van der Waals surface area contributed by atoms with Crippen LogP contribution in [0.2, 0.25) is 0 Å². The Morgan fingerprint density at radius 1 is 0.700 bits per heavy atom. The summed E-state index contributed by atoms with van der Waals surface area (Å²) in [5.41, 5.74) is 3.05. The molecule has 0 aromatic heterocycles. The molecule has 0 unspecified atom stereocenters. The van der Waals surface area contributed by atoms with Crippen molar-refractivity contribution in [3.8, 4) is 0 Å². The van der Waals surface area contributed by atoms with Crippen molar-refractivity contribution in [3.05, 3.63) is 71.8 Å². The number of amides is 1. The summed E-state index contributed by atoms with van der Waals surface area (Å²) in [7, 11) is 0. The van der Waals surface area contributed by atoms with Gasteiger partial charge in [0.05, 0.1) is 5.71 Å². The van der Waals surface area contributed by atoms with Gasteiger partial charge < -0.3 is 4.90 Å². The summed E-state index contributed by atoms with van der Waals surface area (Å²) >= 11 is 0. The molecule has 0 atom stereocenters. The maximum atomic E-state index is 13.5. The third kappa shape index (κ3) is 5.19. The SMILES string of the molecule is O=C(CN=C(c1ccccc1)c1ccccc1)N(C1CCCCC1)C1CCCCC1. The molecule has 4 rings (SSSR count). The third-order valence-corrected chi connectivity index (χ3v) is 6.69. The van der Waals surface area contributed by atoms with Gasteiger partial charge >= 0.3 is 0 Å². The van der Waals surface area contributed by atoms with Crippen LogP contribution in [0.25, 0.3) is 0 Å². The van der Waals surface area contributed by atoms with Crippen molar-refractivity contribution in [1.82, 2.24) is 4.90 Å². The Hall–Kier alpha value is -2.42.